The number of rotatable bonds is 5. The maximum atomic E-state index is 10.7. The van der Waals surface area contributed by atoms with Gasteiger partial charge in [-0.3, -0.25) is 9.89 Å². The van der Waals surface area contributed by atoms with Gasteiger partial charge in [-0.15, -0.1) is 0 Å². The largest absolute Gasteiger partial charge is 0.487 e. The summed E-state index contributed by atoms with van der Waals surface area (Å²) in [5.74, 6) is -0.0863. The zero-order valence-corrected chi connectivity index (χ0v) is 11.5. The lowest BCUT2D eigenvalue weighted by atomic mass is 10.3. The first-order chi connectivity index (χ1) is 10.1. The molecule has 0 amide bonds. The fraction of sp³-hybridized carbons (Fsp3) is 0.200. The van der Waals surface area contributed by atoms with E-state index in [-0.39, 0.29) is 6.42 Å². The predicted molar refractivity (Wildman–Crippen MR) is 76.4 cm³/mol. The normalized spacial score (nSPS) is 10.9. The molecule has 3 aromatic rings. The van der Waals surface area contributed by atoms with Gasteiger partial charge in [0.25, 0.3) is 0 Å². The topological polar surface area (TPSA) is 79.6 Å². The van der Waals surface area contributed by atoms with Crippen LogP contribution in [-0.4, -0.2) is 25.7 Å². The standard InChI is InChI=1S/C15H15N3O3/c1-10-13(9-21-12-5-3-2-4-6-12)17-18-8-11(7-14(19)20)16-15(10)18/h2-6,8,17H,7,9H2,1H3,(H,19,20). The molecule has 0 saturated carbocycles. The van der Waals surface area contributed by atoms with Gasteiger partial charge in [0.1, 0.15) is 12.4 Å². The number of carbonyl (C=O) groups is 1. The van der Waals surface area contributed by atoms with Crippen molar-refractivity contribution in [3.8, 4) is 5.75 Å². The van der Waals surface area contributed by atoms with Crippen molar-refractivity contribution >= 4 is 11.6 Å². The van der Waals surface area contributed by atoms with Gasteiger partial charge in [-0.25, -0.2) is 9.50 Å². The Morgan fingerprint density at radius 1 is 1.38 bits per heavy atom. The van der Waals surface area contributed by atoms with E-state index >= 15 is 0 Å². The van der Waals surface area contributed by atoms with Crippen LogP contribution in [0.15, 0.2) is 36.5 Å². The molecule has 108 valence electrons. The zero-order valence-electron chi connectivity index (χ0n) is 11.5. The highest BCUT2D eigenvalue weighted by Crippen LogP contribution is 2.17. The molecule has 0 fully saturated rings. The smallest absolute Gasteiger partial charge is 0.309 e. The van der Waals surface area contributed by atoms with Crippen LogP contribution < -0.4 is 4.74 Å². The summed E-state index contributed by atoms with van der Waals surface area (Å²) in [6.45, 7) is 2.35. The number of benzene rings is 1. The Bertz CT molecular complexity index is 774. The highest BCUT2D eigenvalue weighted by atomic mass is 16.5. The third kappa shape index (κ3) is 2.74. The van der Waals surface area contributed by atoms with E-state index in [1.807, 2.05) is 37.3 Å². The molecule has 6 heteroatoms. The van der Waals surface area contributed by atoms with E-state index in [0.717, 1.165) is 22.7 Å². The van der Waals surface area contributed by atoms with Gasteiger partial charge in [0.05, 0.1) is 24.0 Å². The van der Waals surface area contributed by atoms with E-state index in [2.05, 4.69) is 10.1 Å². The van der Waals surface area contributed by atoms with Crippen LogP contribution in [0.2, 0.25) is 0 Å². The second-order valence-corrected chi connectivity index (χ2v) is 4.81. The van der Waals surface area contributed by atoms with Crippen molar-refractivity contribution in [1.29, 1.82) is 0 Å². The number of nitrogens with zero attached hydrogens (tertiary/aromatic N) is 2. The molecular weight excluding hydrogens is 270 g/mol. The number of aromatic nitrogens is 3. The Morgan fingerprint density at radius 3 is 2.81 bits per heavy atom. The van der Waals surface area contributed by atoms with Crippen molar-refractivity contribution in [3.63, 3.8) is 0 Å². The van der Waals surface area contributed by atoms with Crippen LogP contribution in [0.25, 0.3) is 5.65 Å². The van der Waals surface area contributed by atoms with E-state index < -0.39 is 5.97 Å². The molecule has 0 aliphatic heterocycles. The molecule has 1 aromatic carbocycles. The Kier molecular flexibility index (Phi) is 3.35. The number of ether oxygens (including phenoxy) is 1. The monoisotopic (exact) mass is 285 g/mol. The van der Waals surface area contributed by atoms with E-state index in [9.17, 15) is 4.79 Å². The number of aromatic amines is 1. The van der Waals surface area contributed by atoms with Crippen molar-refractivity contribution in [2.45, 2.75) is 20.0 Å². The molecular formula is C15H15N3O3. The fourth-order valence-corrected chi connectivity index (χ4v) is 2.20. The molecule has 0 saturated heterocycles. The molecule has 2 N–H and O–H groups in total. The van der Waals surface area contributed by atoms with Crippen molar-refractivity contribution in [3.05, 3.63) is 53.5 Å². The van der Waals surface area contributed by atoms with Gasteiger partial charge >= 0.3 is 5.97 Å². The Hall–Kier alpha value is -2.76. The molecule has 0 radical (unpaired) electrons. The first-order valence-electron chi connectivity index (χ1n) is 6.58. The lowest BCUT2D eigenvalue weighted by Gasteiger charge is -2.04. The molecule has 0 aliphatic carbocycles. The van der Waals surface area contributed by atoms with Crippen molar-refractivity contribution < 1.29 is 14.6 Å². The molecule has 0 aliphatic rings. The molecule has 0 atom stereocenters. The number of carboxylic acid groups (broad SMARTS) is 1. The van der Waals surface area contributed by atoms with E-state index in [1.54, 1.807) is 10.7 Å². The summed E-state index contributed by atoms with van der Waals surface area (Å²) >= 11 is 0. The molecule has 0 spiro atoms. The van der Waals surface area contributed by atoms with Crippen LogP contribution in [0.5, 0.6) is 5.75 Å². The van der Waals surface area contributed by atoms with Gasteiger partial charge in [-0.05, 0) is 19.1 Å². The summed E-state index contributed by atoms with van der Waals surface area (Å²) in [5.41, 5.74) is 3.15. The molecule has 2 heterocycles. The third-order valence-electron chi connectivity index (χ3n) is 3.26. The van der Waals surface area contributed by atoms with Crippen molar-refractivity contribution in [2.24, 2.45) is 0 Å². The van der Waals surface area contributed by atoms with E-state index in [4.69, 9.17) is 9.84 Å². The Balaban J connectivity index is 1.79. The molecule has 0 bridgehead atoms. The average Bonchev–Trinajstić information content (AvgIpc) is 2.97. The number of H-pyrrole nitrogens is 1. The number of nitrogens with one attached hydrogen (secondary N) is 1. The number of para-hydroxylation sites is 1. The second kappa shape index (κ2) is 5.32. The van der Waals surface area contributed by atoms with E-state index in [1.165, 1.54) is 0 Å². The summed E-state index contributed by atoms with van der Waals surface area (Å²) in [4.78, 5) is 15.0. The summed E-state index contributed by atoms with van der Waals surface area (Å²) in [6.07, 6.45) is 1.62. The number of carboxylic acids is 1. The number of fused-ring (bicyclic) bond motifs is 1. The summed E-state index contributed by atoms with van der Waals surface area (Å²) < 4.78 is 7.43. The van der Waals surface area contributed by atoms with Crippen molar-refractivity contribution in [1.82, 2.24) is 14.6 Å². The molecule has 3 rings (SSSR count). The van der Waals surface area contributed by atoms with Gasteiger partial charge in [0.15, 0.2) is 5.65 Å². The molecule has 0 unspecified atom stereocenters. The lowest BCUT2D eigenvalue weighted by molar-refractivity contribution is -0.136. The first kappa shape index (κ1) is 13.2. The SMILES string of the molecule is Cc1c(COc2ccccc2)[nH]n2cc(CC(=O)O)nc12. The van der Waals surface area contributed by atoms with Gasteiger partial charge in [-0.1, -0.05) is 18.2 Å². The highest BCUT2D eigenvalue weighted by molar-refractivity contribution is 5.70. The minimum absolute atomic E-state index is 0.0786. The molecule has 21 heavy (non-hydrogen) atoms. The van der Waals surface area contributed by atoms with Gasteiger partial charge < -0.3 is 9.84 Å². The fourth-order valence-electron chi connectivity index (χ4n) is 2.20. The summed E-state index contributed by atoms with van der Waals surface area (Å²) in [7, 11) is 0. The number of imidazole rings is 1. The number of aliphatic carboxylic acids is 1. The average molecular weight is 285 g/mol. The number of aryl methyl sites for hydroxylation is 1. The third-order valence-corrected chi connectivity index (χ3v) is 3.26. The van der Waals surface area contributed by atoms with E-state index in [0.29, 0.717) is 12.3 Å². The van der Waals surface area contributed by atoms with Crippen LogP contribution in [0, 0.1) is 6.92 Å². The minimum atomic E-state index is -0.888. The van der Waals surface area contributed by atoms with Crippen LogP contribution in [0.1, 0.15) is 17.0 Å². The zero-order chi connectivity index (χ0) is 14.8. The van der Waals surface area contributed by atoms with Crippen LogP contribution in [0.3, 0.4) is 0 Å². The van der Waals surface area contributed by atoms with Gasteiger partial charge in [0.2, 0.25) is 0 Å². The Labute approximate surface area is 121 Å². The van der Waals surface area contributed by atoms with Gasteiger partial charge in [-0.2, -0.15) is 0 Å². The first-order valence-corrected chi connectivity index (χ1v) is 6.58. The second-order valence-electron chi connectivity index (χ2n) is 4.81. The lowest BCUT2D eigenvalue weighted by Crippen LogP contribution is -2.01. The Morgan fingerprint density at radius 2 is 2.14 bits per heavy atom. The van der Waals surface area contributed by atoms with Crippen LogP contribution in [-0.2, 0) is 17.8 Å². The van der Waals surface area contributed by atoms with Gasteiger partial charge in [0, 0.05) is 5.56 Å². The van der Waals surface area contributed by atoms with Crippen LogP contribution >= 0.6 is 0 Å². The number of hydrogen-bond acceptors (Lipinski definition) is 3. The predicted octanol–water partition coefficient (Wildman–Crippen LogP) is 2.18. The van der Waals surface area contributed by atoms with Crippen molar-refractivity contribution in [2.75, 3.05) is 0 Å². The quantitative estimate of drug-likeness (QED) is 0.753. The molecule has 2 aromatic heterocycles. The highest BCUT2D eigenvalue weighted by Gasteiger charge is 2.13. The summed E-state index contributed by atoms with van der Waals surface area (Å²) in [5, 5.41) is 11.9. The maximum Gasteiger partial charge on any atom is 0.309 e. The number of hydrogen-bond donors (Lipinski definition) is 2. The molecule has 6 nitrogen and oxygen atoms in total. The maximum absolute atomic E-state index is 10.7. The van der Waals surface area contributed by atoms with Crippen LogP contribution in [0.4, 0.5) is 0 Å². The summed E-state index contributed by atoms with van der Waals surface area (Å²) in [6, 6.07) is 9.57. The minimum Gasteiger partial charge on any atom is -0.487 e.